The van der Waals surface area contributed by atoms with Crippen LogP contribution in [0.3, 0.4) is 0 Å². The van der Waals surface area contributed by atoms with E-state index in [2.05, 4.69) is 19.2 Å². The SMILES string of the molecule is CC1CC(C)CN(C(=O)C(=O)NCC#N)C1. The minimum Gasteiger partial charge on any atom is -0.335 e. The van der Waals surface area contributed by atoms with Gasteiger partial charge in [0.2, 0.25) is 0 Å². The van der Waals surface area contributed by atoms with Crippen molar-refractivity contribution in [1.82, 2.24) is 10.2 Å². The van der Waals surface area contributed by atoms with Crippen molar-refractivity contribution in [2.45, 2.75) is 20.3 Å². The maximum atomic E-state index is 11.7. The van der Waals surface area contributed by atoms with Crippen molar-refractivity contribution in [3.63, 3.8) is 0 Å². The van der Waals surface area contributed by atoms with Crippen LogP contribution < -0.4 is 5.32 Å². The number of carbonyl (C=O) groups is 2. The first-order valence-electron chi connectivity index (χ1n) is 5.48. The molecule has 1 heterocycles. The molecule has 5 nitrogen and oxygen atoms in total. The van der Waals surface area contributed by atoms with Gasteiger partial charge in [0.15, 0.2) is 0 Å². The molecule has 0 aromatic heterocycles. The second-order valence-electron chi connectivity index (χ2n) is 4.50. The molecule has 16 heavy (non-hydrogen) atoms. The standard InChI is InChI=1S/C11H17N3O2/c1-8-5-9(2)7-14(6-8)11(16)10(15)13-4-3-12/h8-9H,4-7H2,1-2H3,(H,13,15). The number of rotatable bonds is 1. The minimum atomic E-state index is -0.678. The van der Waals surface area contributed by atoms with Gasteiger partial charge in [-0.05, 0) is 18.3 Å². The molecule has 2 atom stereocenters. The van der Waals surface area contributed by atoms with Crippen LogP contribution in [0.25, 0.3) is 0 Å². The Bertz CT molecular complexity index is 312. The van der Waals surface area contributed by atoms with Crippen LogP contribution in [0.4, 0.5) is 0 Å². The number of nitrogens with one attached hydrogen (secondary N) is 1. The van der Waals surface area contributed by atoms with E-state index in [9.17, 15) is 9.59 Å². The summed E-state index contributed by atoms with van der Waals surface area (Å²) in [5.74, 6) is -0.343. The van der Waals surface area contributed by atoms with Crippen LogP contribution in [-0.2, 0) is 9.59 Å². The van der Waals surface area contributed by atoms with Crippen LogP contribution in [0, 0.1) is 23.2 Å². The fraction of sp³-hybridized carbons (Fsp3) is 0.727. The second kappa shape index (κ2) is 5.50. The van der Waals surface area contributed by atoms with Crippen molar-refractivity contribution in [1.29, 1.82) is 5.26 Å². The van der Waals surface area contributed by atoms with Crippen LogP contribution in [0.15, 0.2) is 0 Å². The van der Waals surface area contributed by atoms with E-state index >= 15 is 0 Å². The molecule has 88 valence electrons. The average molecular weight is 223 g/mol. The molecule has 1 N–H and O–H groups in total. The van der Waals surface area contributed by atoms with Crippen LogP contribution in [0.1, 0.15) is 20.3 Å². The van der Waals surface area contributed by atoms with Gasteiger partial charge in [-0.2, -0.15) is 5.26 Å². The molecule has 0 aromatic carbocycles. The van der Waals surface area contributed by atoms with E-state index in [1.807, 2.05) is 0 Å². The number of likely N-dealkylation sites (tertiary alicyclic amines) is 1. The van der Waals surface area contributed by atoms with Crippen LogP contribution >= 0.6 is 0 Å². The van der Waals surface area contributed by atoms with Crippen LogP contribution in [-0.4, -0.2) is 36.3 Å². The van der Waals surface area contributed by atoms with Crippen molar-refractivity contribution in [2.24, 2.45) is 11.8 Å². The van der Waals surface area contributed by atoms with Gasteiger partial charge >= 0.3 is 11.8 Å². The quantitative estimate of drug-likeness (QED) is 0.507. The maximum Gasteiger partial charge on any atom is 0.311 e. The molecule has 0 aromatic rings. The summed E-state index contributed by atoms with van der Waals surface area (Å²) in [6.45, 7) is 5.28. The predicted octanol–water partition coefficient (Wildman–Crippen LogP) is 0.131. The van der Waals surface area contributed by atoms with Crippen molar-refractivity contribution in [2.75, 3.05) is 19.6 Å². The molecule has 0 saturated carbocycles. The van der Waals surface area contributed by atoms with E-state index in [0.29, 0.717) is 24.9 Å². The zero-order valence-corrected chi connectivity index (χ0v) is 9.69. The molecule has 0 aliphatic carbocycles. The molecule has 1 rings (SSSR count). The molecule has 1 aliphatic heterocycles. The zero-order chi connectivity index (χ0) is 12.1. The maximum absolute atomic E-state index is 11.7. The molecule has 0 spiro atoms. The first-order valence-corrected chi connectivity index (χ1v) is 5.48. The van der Waals surface area contributed by atoms with E-state index in [1.165, 1.54) is 0 Å². The lowest BCUT2D eigenvalue weighted by molar-refractivity contribution is -0.147. The van der Waals surface area contributed by atoms with Gasteiger partial charge in [0.1, 0.15) is 6.54 Å². The molecular formula is C11H17N3O2. The first-order chi connectivity index (χ1) is 7.54. The summed E-state index contributed by atoms with van der Waals surface area (Å²) in [7, 11) is 0. The van der Waals surface area contributed by atoms with Gasteiger partial charge in [0.25, 0.3) is 0 Å². The number of hydrogen-bond donors (Lipinski definition) is 1. The number of carbonyl (C=O) groups excluding carboxylic acids is 2. The molecule has 0 radical (unpaired) electrons. The first kappa shape index (κ1) is 12.5. The summed E-state index contributed by atoms with van der Waals surface area (Å²) in [6, 6.07) is 1.77. The third kappa shape index (κ3) is 3.23. The normalized spacial score (nSPS) is 24.7. The van der Waals surface area contributed by atoms with Gasteiger partial charge in [-0.3, -0.25) is 9.59 Å². The summed E-state index contributed by atoms with van der Waals surface area (Å²) in [6.07, 6.45) is 1.09. The number of amides is 2. The predicted molar refractivity (Wildman–Crippen MR) is 58.1 cm³/mol. The lowest BCUT2D eigenvalue weighted by Crippen LogP contribution is -2.49. The smallest absolute Gasteiger partial charge is 0.311 e. The Kier molecular flexibility index (Phi) is 4.29. The zero-order valence-electron chi connectivity index (χ0n) is 9.69. The van der Waals surface area contributed by atoms with E-state index in [0.717, 1.165) is 6.42 Å². The van der Waals surface area contributed by atoms with Crippen molar-refractivity contribution < 1.29 is 9.59 Å². The van der Waals surface area contributed by atoms with Gasteiger partial charge in [0.05, 0.1) is 6.07 Å². The van der Waals surface area contributed by atoms with E-state index in [1.54, 1.807) is 11.0 Å². The number of nitrogens with zero attached hydrogens (tertiary/aromatic N) is 2. The Hall–Kier alpha value is -1.57. The highest BCUT2D eigenvalue weighted by molar-refractivity contribution is 6.35. The van der Waals surface area contributed by atoms with E-state index in [4.69, 9.17) is 5.26 Å². The molecule has 1 saturated heterocycles. The van der Waals surface area contributed by atoms with Crippen molar-refractivity contribution in [3.05, 3.63) is 0 Å². The highest BCUT2D eigenvalue weighted by atomic mass is 16.2. The third-order valence-corrected chi connectivity index (χ3v) is 2.68. The average Bonchev–Trinajstić information content (AvgIpc) is 2.23. The van der Waals surface area contributed by atoms with Crippen molar-refractivity contribution in [3.8, 4) is 6.07 Å². The summed E-state index contributed by atoms with van der Waals surface area (Å²) in [5.41, 5.74) is 0. The third-order valence-electron chi connectivity index (χ3n) is 2.68. The molecule has 1 aliphatic rings. The lowest BCUT2D eigenvalue weighted by atomic mass is 9.92. The Morgan fingerprint density at radius 2 is 1.94 bits per heavy atom. The topological polar surface area (TPSA) is 73.2 Å². The number of hydrogen-bond acceptors (Lipinski definition) is 3. The summed E-state index contributed by atoms with van der Waals surface area (Å²) in [4.78, 5) is 24.6. The van der Waals surface area contributed by atoms with Crippen molar-refractivity contribution >= 4 is 11.8 Å². The monoisotopic (exact) mass is 223 g/mol. The van der Waals surface area contributed by atoms with Gasteiger partial charge < -0.3 is 10.2 Å². The van der Waals surface area contributed by atoms with Gasteiger partial charge in [-0.25, -0.2) is 0 Å². The molecule has 0 bridgehead atoms. The minimum absolute atomic E-state index is 0.122. The fourth-order valence-electron chi connectivity index (χ4n) is 2.17. The summed E-state index contributed by atoms with van der Waals surface area (Å²) in [5, 5.41) is 10.6. The molecule has 2 amide bonds. The number of piperidine rings is 1. The molecule has 2 unspecified atom stereocenters. The summed E-state index contributed by atoms with van der Waals surface area (Å²) >= 11 is 0. The Balaban J connectivity index is 2.53. The van der Waals surface area contributed by atoms with E-state index < -0.39 is 11.8 Å². The molecular weight excluding hydrogens is 206 g/mol. The van der Waals surface area contributed by atoms with Crippen LogP contribution in [0.5, 0.6) is 0 Å². The highest BCUT2D eigenvalue weighted by Gasteiger charge is 2.28. The fourth-order valence-corrected chi connectivity index (χ4v) is 2.17. The van der Waals surface area contributed by atoms with Gasteiger partial charge in [-0.15, -0.1) is 0 Å². The van der Waals surface area contributed by atoms with Gasteiger partial charge in [0, 0.05) is 13.1 Å². The Morgan fingerprint density at radius 1 is 1.38 bits per heavy atom. The highest BCUT2D eigenvalue weighted by Crippen LogP contribution is 2.20. The summed E-state index contributed by atoms with van der Waals surface area (Å²) < 4.78 is 0. The largest absolute Gasteiger partial charge is 0.335 e. The van der Waals surface area contributed by atoms with Crippen LogP contribution in [0.2, 0.25) is 0 Å². The van der Waals surface area contributed by atoms with Gasteiger partial charge in [-0.1, -0.05) is 13.8 Å². The second-order valence-corrected chi connectivity index (χ2v) is 4.50. The molecule has 1 fully saturated rings. The molecule has 5 heteroatoms. The Labute approximate surface area is 95.4 Å². The lowest BCUT2D eigenvalue weighted by Gasteiger charge is -2.34. The van der Waals surface area contributed by atoms with E-state index in [-0.39, 0.29) is 6.54 Å². The Morgan fingerprint density at radius 3 is 2.44 bits per heavy atom. The number of nitriles is 1.